The fourth-order valence-electron chi connectivity index (χ4n) is 0.649. The maximum absolute atomic E-state index is 3.65. The molecule has 0 amide bonds. The van der Waals surface area contributed by atoms with Crippen LogP contribution in [0, 0.1) is 0 Å². The minimum absolute atomic E-state index is 0. The quantitative estimate of drug-likeness (QED) is 0.531. The Morgan fingerprint density at radius 3 is 2.30 bits per heavy atom. The van der Waals surface area contributed by atoms with E-state index in [1.165, 1.54) is 0 Å². The third-order valence-electron chi connectivity index (χ3n) is 1.24. The molecule has 1 rings (SSSR count). The predicted octanol–water partition coefficient (Wildman–Crippen LogP) is 0.977. The monoisotopic (exact) mass is 137 g/mol. The summed E-state index contributed by atoms with van der Waals surface area (Å²) in [5.74, 6) is 0. The Kier molecular flexibility index (Phi) is 3.36. The Bertz CT molecular complexity index is 203. The van der Waals surface area contributed by atoms with Crippen molar-refractivity contribution in [1.29, 1.82) is 0 Å². The predicted molar refractivity (Wildman–Crippen MR) is 39.6 cm³/mol. The van der Waals surface area contributed by atoms with Crippen LogP contribution in [0.4, 0.5) is 0 Å². The highest BCUT2D eigenvalue weighted by molar-refractivity contribution is 5.44. The van der Waals surface area contributed by atoms with Crippen LogP contribution in [0.5, 0.6) is 0 Å². The summed E-state index contributed by atoms with van der Waals surface area (Å²) in [6.45, 7) is 3.65. The molecule has 0 saturated carbocycles. The summed E-state index contributed by atoms with van der Waals surface area (Å²) in [5.41, 5.74) is 1.16. The van der Waals surface area contributed by atoms with Gasteiger partial charge in [0.05, 0.1) is 0 Å². The molecule has 0 aliphatic rings. The zero-order valence-electron chi connectivity index (χ0n) is 5.99. The first-order chi connectivity index (χ1) is 4.33. The molecule has 0 bridgehead atoms. The highest BCUT2D eigenvalue weighted by Crippen LogP contribution is 1.94. The summed E-state index contributed by atoms with van der Waals surface area (Å²) >= 11 is 0. The van der Waals surface area contributed by atoms with Gasteiger partial charge in [0.1, 0.15) is 7.05 Å². The number of pyridine rings is 1. The Hall–Kier alpha value is -1.15. The molecule has 0 spiro atoms. The summed E-state index contributed by atoms with van der Waals surface area (Å²) in [7, 11) is 1.99. The maximum atomic E-state index is 3.65. The van der Waals surface area contributed by atoms with E-state index in [4.69, 9.17) is 0 Å². The van der Waals surface area contributed by atoms with Crippen LogP contribution in [0.2, 0.25) is 0 Å². The summed E-state index contributed by atoms with van der Waals surface area (Å²) < 4.78 is 1.99. The maximum Gasteiger partial charge on any atom is 0.169 e. The van der Waals surface area contributed by atoms with Gasteiger partial charge in [-0.1, -0.05) is 12.7 Å². The first-order valence-corrected chi connectivity index (χ1v) is 2.90. The zero-order valence-corrected chi connectivity index (χ0v) is 5.99. The van der Waals surface area contributed by atoms with E-state index in [-0.39, 0.29) is 5.48 Å². The molecule has 0 unspecified atom stereocenters. The second kappa shape index (κ2) is 3.80. The summed E-state index contributed by atoms with van der Waals surface area (Å²) in [6, 6.07) is 4.04. The molecular formula is C8H11NO. The number of hydrogen-bond acceptors (Lipinski definition) is 1. The molecule has 0 aliphatic heterocycles. The number of rotatable bonds is 1. The van der Waals surface area contributed by atoms with Crippen LogP contribution in [0.15, 0.2) is 31.1 Å². The van der Waals surface area contributed by atoms with Crippen molar-refractivity contribution in [3.63, 3.8) is 0 Å². The van der Waals surface area contributed by atoms with Crippen LogP contribution < -0.4 is 4.57 Å². The Balaban J connectivity index is 0.000000810. The molecule has 2 heteroatoms. The largest absolute Gasteiger partial charge is 0.870 e. The van der Waals surface area contributed by atoms with Crippen LogP contribution >= 0.6 is 0 Å². The molecule has 0 radical (unpaired) electrons. The van der Waals surface area contributed by atoms with Gasteiger partial charge in [0.2, 0.25) is 0 Å². The van der Waals surface area contributed by atoms with Gasteiger partial charge in [-0.3, -0.25) is 0 Å². The van der Waals surface area contributed by atoms with E-state index < -0.39 is 0 Å². The Morgan fingerprint density at radius 2 is 1.90 bits per heavy atom. The first kappa shape index (κ1) is 8.85. The summed E-state index contributed by atoms with van der Waals surface area (Å²) in [5, 5.41) is 0. The highest BCUT2D eigenvalue weighted by Gasteiger charge is 1.87. The van der Waals surface area contributed by atoms with E-state index in [2.05, 4.69) is 6.58 Å². The average molecular weight is 137 g/mol. The summed E-state index contributed by atoms with van der Waals surface area (Å²) in [4.78, 5) is 0. The van der Waals surface area contributed by atoms with Gasteiger partial charge in [0.15, 0.2) is 12.4 Å². The zero-order chi connectivity index (χ0) is 6.69. The topological polar surface area (TPSA) is 33.9 Å². The molecular weight excluding hydrogens is 126 g/mol. The molecule has 0 aromatic carbocycles. The fourth-order valence-corrected chi connectivity index (χ4v) is 0.649. The second-order valence-electron chi connectivity index (χ2n) is 2.00. The number of aryl methyl sites for hydroxylation is 1. The van der Waals surface area contributed by atoms with Crippen molar-refractivity contribution in [2.45, 2.75) is 0 Å². The molecule has 54 valence electrons. The minimum Gasteiger partial charge on any atom is -0.870 e. The van der Waals surface area contributed by atoms with E-state index in [9.17, 15) is 0 Å². The van der Waals surface area contributed by atoms with Gasteiger partial charge >= 0.3 is 0 Å². The number of aromatic nitrogens is 1. The van der Waals surface area contributed by atoms with Crippen molar-refractivity contribution in [3.05, 3.63) is 36.7 Å². The van der Waals surface area contributed by atoms with Crippen molar-refractivity contribution >= 4 is 6.08 Å². The van der Waals surface area contributed by atoms with E-state index in [0.717, 1.165) is 5.56 Å². The van der Waals surface area contributed by atoms with Crippen LogP contribution in [0.25, 0.3) is 6.08 Å². The lowest BCUT2D eigenvalue weighted by Gasteiger charge is -1.86. The van der Waals surface area contributed by atoms with Crippen molar-refractivity contribution in [2.24, 2.45) is 7.05 Å². The molecule has 1 aromatic heterocycles. The van der Waals surface area contributed by atoms with Crippen molar-refractivity contribution in [3.8, 4) is 0 Å². The number of nitrogens with zero attached hydrogens (tertiary/aromatic N) is 1. The van der Waals surface area contributed by atoms with Gasteiger partial charge in [0.25, 0.3) is 0 Å². The molecule has 0 saturated heterocycles. The third kappa shape index (κ3) is 1.99. The smallest absolute Gasteiger partial charge is 0.169 e. The average Bonchev–Trinajstić information content (AvgIpc) is 1.90. The first-order valence-electron chi connectivity index (χ1n) is 2.90. The molecule has 1 N–H and O–H groups in total. The Labute approximate surface area is 60.7 Å². The third-order valence-corrected chi connectivity index (χ3v) is 1.24. The normalized spacial score (nSPS) is 8.10. The van der Waals surface area contributed by atoms with Gasteiger partial charge in [-0.15, -0.1) is 0 Å². The van der Waals surface area contributed by atoms with Crippen molar-refractivity contribution in [2.75, 3.05) is 0 Å². The molecule has 0 atom stereocenters. The lowest BCUT2D eigenvalue weighted by atomic mass is 10.3. The molecule has 10 heavy (non-hydrogen) atoms. The SMILES string of the molecule is C=Cc1cc[n+](C)cc1.[OH-]. The second-order valence-corrected chi connectivity index (χ2v) is 2.00. The van der Waals surface area contributed by atoms with Gasteiger partial charge in [-0.05, 0) is 5.56 Å². The lowest BCUT2D eigenvalue weighted by Crippen LogP contribution is -2.25. The van der Waals surface area contributed by atoms with E-state index in [1.807, 2.05) is 42.2 Å². The molecule has 1 heterocycles. The van der Waals surface area contributed by atoms with E-state index >= 15 is 0 Å². The van der Waals surface area contributed by atoms with Gasteiger partial charge < -0.3 is 5.48 Å². The lowest BCUT2D eigenvalue weighted by molar-refractivity contribution is -0.671. The van der Waals surface area contributed by atoms with Crippen molar-refractivity contribution < 1.29 is 10.0 Å². The summed E-state index contributed by atoms with van der Waals surface area (Å²) in [6.07, 6.45) is 5.83. The van der Waals surface area contributed by atoms with Gasteiger partial charge in [-0.25, -0.2) is 4.57 Å². The standard InChI is InChI=1S/C8H10N.H2O/c1-3-8-4-6-9(2)7-5-8;/h3-7H,1H2,2H3;1H2/q+1;/p-1. The molecule has 1 aromatic rings. The van der Waals surface area contributed by atoms with Crippen LogP contribution in [-0.2, 0) is 7.05 Å². The van der Waals surface area contributed by atoms with Crippen LogP contribution in [0.1, 0.15) is 5.56 Å². The fraction of sp³-hybridized carbons (Fsp3) is 0.125. The van der Waals surface area contributed by atoms with Gasteiger partial charge in [-0.2, -0.15) is 0 Å². The van der Waals surface area contributed by atoms with Gasteiger partial charge in [0, 0.05) is 12.1 Å². The number of hydrogen-bond donors (Lipinski definition) is 0. The van der Waals surface area contributed by atoms with Crippen LogP contribution in [-0.4, -0.2) is 5.48 Å². The van der Waals surface area contributed by atoms with E-state index in [1.54, 1.807) is 0 Å². The molecule has 0 aliphatic carbocycles. The highest BCUT2D eigenvalue weighted by atomic mass is 16.0. The Morgan fingerprint density at radius 1 is 1.40 bits per heavy atom. The molecule has 2 nitrogen and oxygen atoms in total. The van der Waals surface area contributed by atoms with Crippen molar-refractivity contribution in [1.82, 2.24) is 0 Å². The minimum atomic E-state index is 0. The van der Waals surface area contributed by atoms with Crippen LogP contribution in [0.3, 0.4) is 0 Å². The molecule has 0 fully saturated rings. The van der Waals surface area contributed by atoms with E-state index in [0.29, 0.717) is 0 Å².